The number of fused-ring (bicyclic) bond motifs is 3. The molecule has 3 aliphatic carbocycles. The fraction of sp³-hybridized carbons (Fsp3) is 1.00. The van der Waals surface area contributed by atoms with Gasteiger partial charge < -0.3 is 4.84 Å². The first kappa shape index (κ1) is 10.3. The summed E-state index contributed by atoms with van der Waals surface area (Å²) in [7, 11) is 0. The van der Waals surface area contributed by atoms with Crippen LogP contribution in [0.4, 0.5) is 0 Å². The Bertz CT molecular complexity index is 134. The Hall–Kier alpha value is 0.210. The zero-order valence-electron chi connectivity index (χ0n) is 7.37. The Morgan fingerprint density at radius 1 is 1.17 bits per heavy atom. The fourth-order valence-corrected chi connectivity index (χ4v) is 2.84. The van der Waals surface area contributed by atoms with E-state index in [1.165, 1.54) is 32.1 Å². The first-order valence-corrected chi connectivity index (χ1v) is 4.72. The van der Waals surface area contributed by atoms with Gasteiger partial charge in [-0.3, -0.25) is 0 Å². The van der Waals surface area contributed by atoms with E-state index >= 15 is 0 Å². The first-order chi connectivity index (χ1) is 5.40. The van der Waals surface area contributed by atoms with Crippen LogP contribution in [0.15, 0.2) is 0 Å². The second kappa shape index (κ2) is 4.45. The van der Waals surface area contributed by atoms with Gasteiger partial charge in [0.2, 0.25) is 0 Å². The van der Waals surface area contributed by atoms with E-state index in [4.69, 9.17) is 10.7 Å². The van der Waals surface area contributed by atoms with Crippen LogP contribution in [0, 0.1) is 17.8 Å². The van der Waals surface area contributed by atoms with Crippen molar-refractivity contribution >= 4 is 12.4 Å². The molecule has 0 aromatic rings. The van der Waals surface area contributed by atoms with Gasteiger partial charge in [0.05, 0.1) is 6.61 Å². The van der Waals surface area contributed by atoms with Crippen LogP contribution in [0.1, 0.15) is 32.1 Å². The third-order valence-corrected chi connectivity index (χ3v) is 3.50. The van der Waals surface area contributed by atoms with Crippen LogP contribution in [0.5, 0.6) is 0 Å². The zero-order chi connectivity index (χ0) is 7.68. The summed E-state index contributed by atoms with van der Waals surface area (Å²) in [5.74, 6) is 7.81. The molecule has 3 fully saturated rings. The Labute approximate surface area is 80.2 Å². The Kier molecular flexibility index (Phi) is 3.81. The van der Waals surface area contributed by atoms with Crippen LogP contribution in [0.3, 0.4) is 0 Å². The molecule has 2 nitrogen and oxygen atoms in total. The summed E-state index contributed by atoms with van der Waals surface area (Å²) in [6.45, 7) is 0.793. The lowest BCUT2D eigenvalue weighted by molar-refractivity contribution is 0.0143. The van der Waals surface area contributed by atoms with Crippen molar-refractivity contribution in [2.45, 2.75) is 32.1 Å². The first-order valence-electron chi connectivity index (χ1n) is 4.72. The molecule has 0 aromatic heterocycles. The molecule has 3 heteroatoms. The lowest BCUT2D eigenvalue weighted by Gasteiger charge is -2.41. The van der Waals surface area contributed by atoms with E-state index in [9.17, 15) is 0 Å². The van der Waals surface area contributed by atoms with Crippen LogP contribution in [-0.2, 0) is 4.84 Å². The quantitative estimate of drug-likeness (QED) is 0.679. The van der Waals surface area contributed by atoms with Gasteiger partial charge in [-0.05, 0) is 37.0 Å². The van der Waals surface area contributed by atoms with E-state index in [-0.39, 0.29) is 12.4 Å². The molecule has 3 saturated carbocycles. The maximum Gasteiger partial charge on any atom is 0.0710 e. The molecule has 0 heterocycles. The van der Waals surface area contributed by atoms with Gasteiger partial charge >= 0.3 is 0 Å². The second-order valence-corrected chi connectivity index (χ2v) is 4.11. The molecular formula is C9H18ClNO. The topological polar surface area (TPSA) is 35.2 Å². The molecular weight excluding hydrogens is 174 g/mol. The molecule has 0 spiro atoms. The highest BCUT2D eigenvalue weighted by Crippen LogP contribution is 2.44. The van der Waals surface area contributed by atoms with E-state index in [0.29, 0.717) is 0 Å². The van der Waals surface area contributed by atoms with Crippen LogP contribution in [0.2, 0.25) is 0 Å². The third kappa shape index (κ3) is 1.93. The van der Waals surface area contributed by atoms with Crippen LogP contribution in [0.25, 0.3) is 0 Å². The van der Waals surface area contributed by atoms with Gasteiger partial charge in [0, 0.05) is 0 Å². The van der Waals surface area contributed by atoms with E-state index in [1.54, 1.807) is 0 Å². The lowest BCUT2D eigenvalue weighted by atomic mass is 9.65. The van der Waals surface area contributed by atoms with Crippen LogP contribution in [-0.4, -0.2) is 6.61 Å². The smallest absolute Gasteiger partial charge is 0.0710 e. The zero-order valence-corrected chi connectivity index (χ0v) is 8.19. The fourth-order valence-electron chi connectivity index (χ4n) is 2.84. The van der Waals surface area contributed by atoms with Crippen molar-refractivity contribution in [3.05, 3.63) is 0 Å². The van der Waals surface area contributed by atoms with Gasteiger partial charge in [-0.1, -0.05) is 12.8 Å². The number of rotatable bonds is 2. The average molecular weight is 192 g/mol. The molecule has 1 atom stereocenters. The molecule has 2 bridgehead atoms. The van der Waals surface area contributed by atoms with Gasteiger partial charge in [0.25, 0.3) is 0 Å². The standard InChI is InChI=1S/C9H17NO.ClH/c10-11-6-9-5-7-1-3-8(9)4-2-7;/h7-9H,1-6,10H2;1H. The summed E-state index contributed by atoms with van der Waals surface area (Å²) in [6, 6.07) is 0. The highest BCUT2D eigenvalue weighted by molar-refractivity contribution is 5.85. The highest BCUT2D eigenvalue weighted by Gasteiger charge is 2.35. The molecule has 3 aliphatic rings. The number of nitrogens with two attached hydrogens (primary N) is 1. The predicted octanol–water partition coefficient (Wildman–Crippen LogP) is 2.12. The molecule has 2 N–H and O–H groups in total. The van der Waals surface area contributed by atoms with Crippen molar-refractivity contribution in [1.29, 1.82) is 0 Å². The van der Waals surface area contributed by atoms with E-state index in [2.05, 4.69) is 0 Å². The monoisotopic (exact) mass is 191 g/mol. The van der Waals surface area contributed by atoms with Crippen molar-refractivity contribution in [2.75, 3.05) is 6.61 Å². The summed E-state index contributed by atoms with van der Waals surface area (Å²) in [5, 5.41) is 0. The van der Waals surface area contributed by atoms with Gasteiger partial charge in [-0.25, -0.2) is 5.90 Å². The minimum absolute atomic E-state index is 0. The number of hydrogen-bond acceptors (Lipinski definition) is 2. The van der Waals surface area contributed by atoms with Crippen molar-refractivity contribution in [3.8, 4) is 0 Å². The SMILES string of the molecule is Cl.NOCC1CC2CCC1CC2. The van der Waals surface area contributed by atoms with Gasteiger partial charge in [-0.15, -0.1) is 12.4 Å². The maximum atomic E-state index is 5.09. The van der Waals surface area contributed by atoms with E-state index in [0.717, 1.165) is 24.4 Å². The van der Waals surface area contributed by atoms with Gasteiger partial charge in [0.1, 0.15) is 0 Å². The summed E-state index contributed by atoms with van der Waals surface area (Å²) in [6.07, 6.45) is 7.16. The summed E-state index contributed by atoms with van der Waals surface area (Å²) in [4.78, 5) is 4.73. The second-order valence-electron chi connectivity index (χ2n) is 4.11. The van der Waals surface area contributed by atoms with Crippen molar-refractivity contribution in [3.63, 3.8) is 0 Å². The predicted molar refractivity (Wildman–Crippen MR) is 50.9 cm³/mol. The van der Waals surface area contributed by atoms with Crippen LogP contribution >= 0.6 is 12.4 Å². The molecule has 0 aliphatic heterocycles. The van der Waals surface area contributed by atoms with Crippen molar-refractivity contribution < 1.29 is 4.84 Å². The minimum Gasteiger partial charge on any atom is -0.304 e. The largest absolute Gasteiger partial charge is 0.304 e. The Morgan fingerprint density at radius 2 is 1.83 bits per heavy atom. The molecule has 0 radical (unpaired) electrons. The van der Waals surface area contributed by atoms with Gasteiger partial charge in [0.15, 0.2) is 0 Å². The number of halogens is 1. The Morgan fingerprint density at radius 3 is 2.25 bits per heavy atom. The summed E-state index contributed by atoms with van der Waals surface area (Å²) in [5.41, 5.74) is 0. The highest BCUT2D eigenvalue weighted by atomic mass is 35.5. The Balaban J connectivity index is 0.000000720. The molecule has 72 valence electrons. The normalized spacial score (nSPS) is 39.2. The van der Waals surface area contributed by atoms with Crippen LogP contribution < -0.4 is 5.90 Å². The molecule has 0 amide bonds. The minimum atomic E-state index is 0. The van der Waals surface area contributed by atoms with Crippen molar-refractivity contribution in [2.24, 2.45) is 23.7 Å². The molecule has 12 heavy (non-hydrogen) atoms. The van der Waals surface area contributed by atoms with E-state index in [1.807, 2.05) is 0 Å². The molecule has 0 aromatic carbocycles. The van der Waals surface area contributed by atoms with Crippen molar-refractivity contribution in [1.82, 2.24) is 0 Å². The van der Waals surface area contributed by atoms with E-state index < -0.39 is 0 Å². The maximum absolute atomic E-state index is 5.09. The lowest BCUT2D eigenvalue weighted by Crippen LogP contribution is -2.34. The third-order valence-electron chi connectivity index (χ3n) is 3.50. The average Bonchev–Trinajstić information content (AvgIpc) is 2.07. The molecule has 3 rings (SSSR count). The summed E-state index contributed by atoms with van der Waals surface area (Å²) < 4.78 is 0. The molecule has 1 unspecified atom stereocenters. The summed E-state index contributed by atoms with van der Waals surface area (Å²) >= 11 is 0. The molecule has 0 saturated heterocycles. The number of hydrogen-bond donors (Lipinski definition) is 1. The van der Waals surface area contributed by atoms with Gasteiger partial charge in [-0.2, -0.15) is 0 Å².